The molecule has 0 aliphatic carbocycles. The lowest BCUT2D eigenvalue weighted by Gasteiger charge is -2.06. The van der Waals surface area contributed by atoms with E-state index in [0.717, 1.165) is 12.1 Å². The monoisotopic (exact) mass is 210 g/mol. The minimum Gasteiger partial charge on any atom is -0.481 e. The number of carboxylic acid groups (broad SMARTS) is 1. The Kier molecular flexibility index (Phi) is 3.88. The van der Waals surface area contributed by atoms with Crippen molar-refractivity contribution in [2.45, 2.75) is 33.1 Å². The number of nitrogens with zero attached hydrogens (tertiary/aromatic N) is 2. The van der Waals surface area contributed by atoms with E-state index in [-0.39, 0.29) is 6.42 Å². The van der Waals surface area contributed by atoms with Crippen molar-refractivity contribution in [3.8, 4) is 0 Å². The maximum Gasteiger partial charge on any atom is 0.303 e. The van der Waals surface area contributed by atoms with E-state index >= 15 is 0 Å². The lowest BCUT2D eigenvalue weighted by molar-refractivity contribution is -0.136. The molecule has 0 aliphatic heterocycles. The van der Waals surface area contributed by atoms with E-state index in [1.54, 1.807) is 4.68 Å². The molecule has 0 radical (unpaired) electrons. The number of aryl methyl sites for hydroxylation is 1. The van der Waals surface area contributed by atoms with Gasteiger partial charge in [-0.2, -0.15) is 5.10 Å². The van der Waals surface area contributed by atoms with Gasteiger partial charge in [-0.05, 0) is 17.9 Å². The molecule has 0 saturated carbocycles. The van der Waals surface area contributed by atoms with Crippen molar-refractivity contribution in [3.63, 3.8) is 0 Å². The quantitative estimate of drug-likeness (QED) is 0.803. The highest BCUT2D eigenvalue weighted by atomic mass is 16.4. The van der Waals surface area contributed by atoms with Gasteiger partial charge in [0.25, 0.3) is 0 Å². The van der Waals surface area contributed by atoms with Crippen LogP contribution in [0, 0.1) is 5.92 Å². The van der Waals surface area contributed by atoms with Crippen LogP contribution in [0.5, 0.6) is 0 Å². The first-order chi connectivity index (χ1) is 7.00. The van der Waals surface area contributed by atoms with Crippen molar-refractivity contribution in [1.29, 1.82) is 0 Å². The van der Waals surface area contributed by atoms with Crippen molar-refractivity contribution in [2.75, 3.05) is 0 Å². The van der Waals surface area contributed by atoms with Crippen LogP contribution in [-0.4, -0.2) is 20.9 Å². The van der Waals surface area contributed by atoms with Crippen LogP contribution < -0.4 is 0 Å². The maximum atomic E-state index is 10.5. The Balaban J connectivity index is 2.75. The van der Waals surface area contributed by atoms with Crippen molar-refractivity contribution < 1.29 is 9.90 Å². The van der Waals surface area contributed by atoms with Gasteiger partial charge < -0.3 is 5.11 Å². The molecule has 1 heterocycles. The molecule has 0 spiro atoms. The highest BCUT2D eigenvalue weighted by Gasteiger charge is 2.11. The molecule has 0 atom stereocenters. The first-order valence-electron chi connectivity index (χ1n) is 5.22. The highest BCUT2D eigenvalue weighted by molar-refractivity contribution is 5.67. The number of rotatable bonds is 5. The van der Waals surface area contributed by atoms with Gasteiger partial charge in [0.2, 0.25) is 0 Å². The minimum absolute atomic E-state index is 0.171. The average molecular weight is 210 g/mol. The molecule has 4 heteroatoms. The molecule has 1 aromatic heterocycles. The lowest BCUT2D eigenvalue weighted by atomic mass is 10.0. The standard InChI is InChI=1S/C11H18N2O2/c1-8(2)6-9-7-12-13(3)10(9)4-5-11(14)15/h7-8H,4-6H2,1-3H3,(H,14,15). The molecule has 0 saturated heterocycles. The molecule has 0 amide bonds. The van der Waals surface area contributed by atoms with Gasteiger partial charge in [-0.1, -0.05) is 13.8 Å². The number of aliphatic carboxylic acids is 1. The Labute approximate surface area is 89.9 Å². The fourth-order valence-corrected chi connectivity index (χ4v) is 1.67. The predicted octanol–water partition coefficient (Wildman–Crippen LogP) is 1.64. The van der Waals surface area contributed by atoms with E-state index in [1.165, 1.54) is 5.56 Å². The van der Waals surface area contributed by atoms with Gasteiger partial charge in [0.1, 0.15) is 0 Å². The van der Waals surface area contributed by atoms with Gasteiger partial charge in [0.15, 0.2) is 0 Å². The van der Waals surface area contributed by atoms with Crippen LogP contribution >= 0.6 is 0 Å². The zero-order chi connectivity index (χ0) is 11.4. The topological polar surface area (TPSA) is 55.1 Å². The average Bonchev–Trinajstić information content (AvgIpc) is 2.43. The molecule has 1 aromatic rings. The molecule has 0 bridgehead atoms. The van der Waals surface area contributed by atoms with Gasteiger partial charge in [0, 0.05) is 19.2 Å². The molecule has 4 nitrogen and oxygen atoms in total. The summed E-state index contributed by atoms with van der Waals surface area (Å²) in [6, 6.07) is 0. The number of carboxylic acids is 1. The summed E-state index contributed by atoms with van der Waals surface area (Å²) in [6.07, 6.45) is 3.54. The molecule has 0 unspecified atom stereocenters. The second kappa shape index (κ2) is 4.96. The van der Waals surface area contributed by atoms with Crippen LogP contribution in [0.3, 0.4) is 0 Å². The van der Waals surface area contributed by atoms with Crippen LogP contribution in [-0.2, 0) is 24.7 Å². The first kappa shape index (κ1) is 11.8. The minimum atomic E-state index is -0.758. The second-order valence-electron chi connectivity index (χ2n) is 4.23. The normalized spacial score (nSPS) is 10.9. The third kappa shape index (κ3) is 3.38. The van der Waals surface area contributed by atoms with Gasteiger partial charge in [-0.3, -0.25) is 9.48 Å². The van der Waals surface area contributed by atoms with Crippen LogP contribution in [0.2, 0.25) is 0 Å². The summed E-state index contributed by atoms with van der Waals surface area (Å²) < 4.78 is 1.78. The molecular weight excluding hydrogens is 192 g/mol. The number of hydrogen-bond acceptors (Lipinski definition) is 2. The van der Waals surface area contributed by atoms with E-state index < -0.39 is 5.97 Å². The molecule has 15 heavy (non-hydrogen) atoms. The van der Waals surface area contributed by atoms with Crippen molar-refractivity contribution in [1.82, 2.24) is 9.78 Å². The Morgan fingerprint density at radius 1 is 1.60 bits per heavy atom. The molecule has 84 valence electrons. The summed E-state index contributed by atoms with van der Waals surface area (Å²) >= 11 is 0. The zero-order valence-corrected chi connectivity index (χ0v) is 9.53. The summed E-state index contributed by atoms with van der Waals surface area (Å²) in [5.74, 6) is -0.190. The van der Waals surface area contributed by atoms with Crippen molar-refractivity contribution >= 4 is 5.97 Å². The predicted molar refractivity (Wildman–Crippen MR) is 57.7 cm³/mol. The molecule has 1 rings (SSSR count). The second-order valence-corrected chi connectivity index (χ2v) is 4.23. The van der Waals surface area contributed by atoms with Gasteiger partial charge in [-0.15, -0.1) is 0 Å². The Morgan fingerprint density at radius 2 is 2.27 bits per heavy atom. The summed E-state index contributed by atoms with van der Waals surface area (Å²) in [6.45, 7) is 4.29. The van der Waals surface area contributed by atoms with E-state index in [9.17, 15) is 4.79 Å². The Hall–Kier alpha value is -1.32. The van der Waals surface area contributed by atoms with Gasteiger partial charge >= 0.3 is 5.97 Å². The zero-order valence-electron chi connectivity index (χ0n) is 9.53. The third-order valence-electron chi connectivity index (χ3n) is 2.35. The SMILES string of the molecule is CC(C)Cc1cnn(C)c1CCC(=O)O. The smallest absolute Gasteiger partial charge is 0.303 e. The lowest BCUT2D eigenvalue weighted by Crippen LogP contribution is -2.06. The van der Waals surface area contributed by atoms with Crippen LogP contribution in [0.4, 0.5) is 0 Å². The van der Waals surface area contributed by atoms with Gasteiger partial charge in [-0.25, -0.2) is 0 Å². The van der Waals surface area contributed by atoms with Gasteiger partial charge in [0.05, 0.1) is 12.6 Å². The summed E-state index contributed by atoms with van der Waals surface area (Å²) in [4.78, 5) is 10.5. The molecule has 1 N–H and O–H groups in total. The molecular formula is C11H18N2O2. The van der Waals surface area contributed by atoms with Crippen LogP contribution in [0.25, 0.3) is 0 Å². The number of carbonyl (C=O) groups is 1. The highest BCUT2D eigenvalue weighted by Crippen LogP contribution is 2.14. The van der Waals surface area contributed by atoms with Crippen LogP contribution in [0.1, 0.15) is 31.5 Å². The van der Waals surface area contributed by atoms with E-state index in [1.807, 2.05) is 13.2 Å². The molecule has 0 aromatic carbocycles. The van der Waals surface area contributed by atoms with Crippen molar-refractivity contribution in [2.24, 2.45) is 13.0 Å². The van der Waals surface area contributed by atoms with E-state index in [4.69, 9.17) is 5.11 Å². The van der Waals surface area contributed by atoms with Crippen molar-refractivity contribution in [3.05, 3.63) is 17.5 Å². The fraction of sp³-hybridized carbons (Fsp3) is 0.636. The summed E-state index contributed by atoms with van der Waals surface area (Å²) in [5, 5.41) is 12.8. The molecule has 0 aliphatic rings. The van der Waals surface area contributed by atoms with E-state index in [2.05, 4.69) is 18.9 Å². The Morgan fingerprint density at radius 3 is 2.80 bits per heavy atom. The Bertz CT molecular complexity index is 342. The first-order valence-corrected chi connectivity index (χ1v) is 5.22. The summed E-state index contributed by atoms with van der Waals surface area (Å²) in [5.41, 5.74) is 2.22. The third-order valence-corrected chi connectivity index (χ3v) is 2.35. The fourth-order valence-electron chi connectivity index (χ4n) is 1.67. The largest absolute Gasteiger partial charge is 0.481 e. The summed E-state index contributed by atoms with van der Waals surface area (Å²) in [7, 11) is 1.86. The maximum absolute atomic E-state index is 10.5. The van der Waals surface area contributed by atoms with Crippen LogP contribution in [0.15, 0.2) is 6.20 Å². The molecule has 0 fully saturated rings. The van der Waals surface area contributed by atoms with E-state index in [0.29, 0.717) is 12.3 Å². The number of aromatic nitrogens is 2. The number of hydrogen-bond donors (Lipinski definition) is 1.